The van der Waals surface area contributed by atoms with Crippen molar-refractivity contribution in [3.63, 3.8) is 0 Å². The second-order valence-electron chi connectivity index (χ2n) is 28.2. The Morgan fingerprint density at radius 3 is 1.16 bits per heavy atom. The molecule has 3 rings (SSSR count). The van der Waals surface area contributed by atoms with Gasteiger partial charge in [0.15, 0.2) is 18.7 Å². The average Bonchev–Trinajstić information content (AvgIpc) is 0.761. The van der Waals surface area contributed by atoms with Gasteiger partial charge >= 0.3 is 25.7 Å². The molecule has 586 valence electrons. The standard InChI is InChI=1S/C75H137O24P/c1-4-7-10-13-16-19-22-25-28-30-32-35-38-41-44-47-50-60(78)92-55-58-63(81)65(83)70(88)75(96-58)98-72-68(86)66(84)67(85)71(97-74-69(87)64(82)62(80)57(52-76)95-74)73(72)99-100(89,90)93-54-56(53-91-59(77)49-46-43-40-37-34-31-27-24-21-18-15-12-9-6-3)94-61(79)51-48-45-42-39-36-33-29-26-23-20-17-14-11-8-5-2/h42,45,48,51,56-58,62-76,80-88H,4-41,43-44,46-47,49-50,52-55H2,1-3H3,(H,89,90)/b45-42+,51-48+. The van der Waals surface area contributed by atoms with Crippen LogP contribution in [0.5, 0.6) is 0 Å². The largest absolute Gasteiger partial charge is 0.472 e. The molecular weight excluding hydrogens is 1320 g/mol. The molecule has 0 spiro atoms. The van der Waals surface area contributed by atoms with Gasteiger partial charge < -0.3 is 89.1 Å². The van der Waals surface area contributed by atoms with E-state index in [1.165, 1.54) is 173 Å². The first kappa shape index (κ1) is 91.6. The van der Waals surface area contributed by atoms with Crippen molar-refractivity contribution in [2.24, 2.45) is 0 Å². The Kier molecular flexibility index (Phi) is 52.0. The summed E-state index contributed by atoms with van der Waals surface area (Å²) < 4.78 is 64.9. The number of aliphatic hydroxyl groups excluding tert-OH is 10. The molecule has 2 heterocycles. The number of phosphoric ester groups is 1. The highest BCUT2D eigenvalue weighted by Gasteiger charge is 2.58. The molecule has 18 unspecified atom stereocenters. The monoisotopic (exact) mass is 1450 g/mol. The molecule has 2 saturated heterocycles. The smallest absolute Gasteiger partial charge is 0.463 e. The van der Waals surface area contributed by atoms with Crippen LogP contribution >= 0.6 is 7.82 Å². The lowest BCUT2D eigenvalue weighted by molar-refractivity contribution is -0.360. The summed E-state index contributed by atoms with van der Waals surface area (Å²) in [7, 11) is -5.72. The Balaban J connectivity index is 1.73. The van der Waals surface area contributed by atoms with Gasteiger partial charge in [-0.2, -0.15) is 0 Å². The first-order chi connectivity index (χ1) is 48.3. The zero-order valence-electron chi connectivity index (χ0n) is 61.2. The second kappa shape index (κ2) is 56.7. The minimum Gasteiger partial charge on any atom is -0.463 e. The topological polar surface area (TPSA) is 374 Å². The Morgan fingerprint density at radius 2 is 0.760 bits per heavy atom. The predicted molar refractivity (Wildman–Crippen MR) is 379 cm³/mol. The van der Waals surface area contributed by atoms with E-state index in [2.05, 4.69) is 20.8 Å². The lowest BCUT2D eigenvalue weighted by Gasteiger charge is -2.49. The van der Waals surface area contributed by atoms with E-state index >= 15 is 0 Å². The number of hydrogen-bond acceptors (Lipinski definition) is 23. The summed E-state index contributed by atoms with van der Waals surface area (Å²) >= 11 is 0. The number of allylic oxidation sites excluding steroid dienone is 3. The summed E-state index contributed by atoms with van der Waals surface area (Å²) in [6.45, 7) is 3.37. The van der Waals surface area contributed by atoms with Gasteiger partial charge in [0.1, 0.15) is 98.7 Å². The fourth-order valence-electron chi connectivity index (χ4n) is 13.0. The molecule has 3 aliphatic rings. The molecule has 100 heavy (non-hydrogen) atoms. The molecular formula is C75H137O24P. The number of esters is 3. The van der Waals surface area contributed by atoms with E-state index in [0.29, 0.717) is 12.8 Å². The highest BCUT2D eigenvalue weighted by molar-refractivity contribution is 7.47. The van der Waals surface area contributed by atoms with Crippen molar-refractivity contribution in [3.8, 4) is 0 Å². The van der Waals surface area contributed by atoms with Crippen LogP contribution < -0.4 is 0 Å². The maximum atomic E-state index is 14.3. The van der Waals surface area contributed by atoms with E-state index in [1.54, 1.807) is 6.08 Å². The van der Waals surface area contributed by atoms with Gasteiger partial charge in [0.25, 0.3) is 0 Å². The van der Waals surface area contributed by atoms with Gasteiger partial charge in [-0.1, -0.05) is 283 Å². The number of rotatable bonds is 61. The van der Waals surface area contributed by atoms with Crippen LogP contribution in [0.4, 0.5) is 0 Å². The number of hydrogen-bond donors (Lipinski definition) is 11. The molecule has 0 amide bonds. The molecule has 11 N–H and O–H groups in total. The second-order valence-corrected chi connectivity index (χ2v) is 29.6. The number of phosphoric acid groups is 1. The van der Waals surface area contributed by atoms with Gasteiger partial charge in [-0.3, -0.25) is 18.6 Å². The van der Waals surface area contributed by atoms with E-state index in [4.69, 9.17) is 42.2 Å². The van der Waals surface area contributed by atoms with E-state index in [0.717, 1.165) is 96.0 Å². The summed E-state index contributed by atoms with van der Waals surface area (Å²) in [6.07, 6.45) is 18.7. The molecule has 0 aromatic rings. The maximum Gasteiger partial charge on any atom is 0.472 e. The number of unbranched alkanes of at least 4 members (excludes halogenated alkanes) is 39. The minimum atomic E-state index is -5.72. The van der Waals surface area contributed by atoms with Crippen LogP contribution in [-0.2, 0) is 61.2 Å². The lowest BCUT2D eigenvalue weighted by Crippen LogP contribution is -2.69. The third-order valence-electron chi connectivity index (χ3n) is 19.3. The molecule has 1 aliphatic carbocycles. The van der Waals surface area contributed by atoms with Gasteiger partial charge in [0, 0.05) is 18.9 Å². The highest BCUT2D eigenvalue weighted by atomic mass is 31.2. The third kappa shape index (κ3) is 39.2. The first-order valence-electron chi connectivity index (χ1n) is 39.2. The normalized spacial score (nSPS) is 27.4. The van der Waals surface area contributed by atoms with Gasteiger partial charge in [-0.25, -0.2) is 9.36 Å². The van der Waals surface area contributed by atoms with Crippen molar-refractivity contribution in [2.45, 2.75) is 407 Å². The van der Waals surface area contributed by atoms with Crippen molar-refractivity contribution in [1.82, 2.24) is 0 Å². The molecule has 2 aliphatic heterocycles. The average molecular weight is 1450 g/mol. The zero-order valence-corrected chi connectivity index (χ0v) is 62.1. The fourth-order valence-corrected chi connectivity index (χ4v) is 13.9. The van der Waals surface area contributed by atoms with Crippen molar-refractivity contribution in [2.75, 3.05) is 26.4 Å². The number of ether oxygens (including phenoxy) is 7. The Morgan fingerprint density at radius 1 is 0.410 bits per heavy atom. The molecule has 24 nitrogen and oxygen atoms in total. The van der Waals surface area contributed by atoms with Gasteiger partial charge in [0.05, 0.1) is 13.2 Å². The number of carbonyl (C=O) groups excluding carboxylic acids is 3. The summed E-state index contributed by atoms with van der Waals surface area (Å²) in [6, 6.07) is 0. The van der Waals surface area contributed by atoms with Crippen LogP contribution in [0.15, 0.2) is 24.3 Å². The van der Waals surface area contributed by atoms with Crippen molar-refractivity contribution < 1.29 is 117 Å². The van der Waals surface area contributed by atoms with Crippen LogP contribution in [0, 0.1) is 0 Å². The molecule has 18 atom stereocenters. The molecule has 0 aromatic carbocycles. The first-order valence-corrected chi connectivity index (χ1v) is 40.7. The molecule has 1 saturated carbocycles. The van der Waals surface area contributed by atoms with Crippen molar-refractivity contribution in [3.05, 3.63) is 24.3 Å². The Hall–Kier alpha value is -2.56. The Labute approximate surface area is 598 Å². The van der Waals surface area contributed by atoms with Gasteiger partial charge in [0.2, 0.25) is 0 Å². The minimum absolute atomic E-state index is 0.0289. The third-order valence-corrected chi connectivity index (χ3v) is 20.3. The van der Waals surface area contributed by atoms with Crippen molar-refractivity contribution in [1.29, 1.82) is 0 Å². The molecule has 25 heteroatoms. The zero-order chi connectivity index (χ0) is 73.2. The number of aliphatic hydroxyl groups is 10. The van der Waals surface area contributed by atoms with E-state index in [9.17, 15) is 74.9 Å². The van der Waals surface area contributed by atoms with Gasteiger partial charge in [-0.05, 0) is 25.7 Å². The van der Waals surface area contributed by atoms with Crippen LogP contribution in [0.2, 0.25) is 0 Å². The van der Waals surface area contributed by atoms with Crippen LogP contribution in [0.25, 0.3) is 0 Å². The quantitative estimate of drug-likeness (QED) is 0.00673. The summed E-state index contributed by atoms with van der Waals surface area (Å²) in [5, 5.41) is 110. The van der Waals surface area contributed by atoms with Crippen LogP contribution in [0.3, 0.4) is 0 Å². The van der Waals surface area contributed by atoms with E-state index in [1.807, 2.05) is 6.08 Å². The highest BCUT2D eigenvalue weighted by Crippen LogP contribution is 2.49. The maximum absolute atomic E-state index is 14.3. The molecule has 0 radical (unpaired) electrons. The molecule has 3 fully saturated rings. The van der Waals surface area contributed by atoms with Crippen molar-refractivity contribution >= 4 is 25.7 Å². The number of carbonyl (C=O) groups is 3. The molecule has 0 aromatic heterocycles. The predicted octanol–water partition coefficient (Wildman–Crippen LogP) is 11.3. The van der Waals surface area contributed by atoms with Gasteiger partial charge in [-0.15, -0.1) is 0 Å². The van der Waals surface area contributed by atoms with E-state index in [-0.39, 0.29) is 12.8 Å². The van der Waals surface area contributed by atoms with Crippen LogP contribution in [-0.4, -0.2) is 204 Å². The summed E-state index contributed by atoms with van der Waals surface area (Å²) in [4.78, 5) is 50.9. The fraction of sp³-hybridized carbons (Fsp3) is 0.907. The SMILES string of the molecule is CCCCCCCCCCCCC/C=C/C=C/C(=O)OC(COC(=O)CCCCCCCCCCCCCCCC)COP(=O)(O)OC1C(OC2OC(CO)C(O)C(O)C2O)C(O)C(O)C(O)C1OC1OC(COC(=O)CCCCCCCCCCCCCCCCCC)C(O)C(O)C1O. The summed E-state index contributed by atoms with van der Waals surface area (Å²) in [5.74, 6) is -2.24. The van der Waals surface area contributed by atoms with Crippen LogP contribution in [0.1, 0.15) is 303 Å². The molecule has 0 bridgehead atoms. The van der Waals surface area contributed by atoms with E-state index < -0.39 is 156 Å². The Bertz CT molecular complexity index is 2160. The lowest BCUT2D eigenvalue weighted by atomic mass is 9.84. The summed E-state index contributed by atoms with van der Waals surface area (Å²) in [5.41, 5.74) is 0.